The quantitative estimate of drug-likeness (QED) is 0.802. The van der Waals surface area contributed by atoms with Crippen LogP contribution in [0.1, 0.15) is 57.1 Å². The number of carbonyl (C=O) groups is 1. The third kappa shape index (κ3) is 3.88. The highest BCUT2D eigenvalue weighted by atomic mass is 35.5. The molecule has 3 N–H and O–H groups in total. The maximum absolute atomic E-state index is 12.4. The lowest BCUT2D eigenvalue weighted by atomic mass is 9.49. The average molecular weight is 362 g/mol. The molecule has 4 bridgehead atoms. The first-order valence-electron chi connectivity index (χ1n) is 9.87. The van der Waals surface area contributed by atoms with Crippen molar-refractivity contribution in [2.24, 2.45) is 23.2 Å². The van der Waals surface area contributed by atoms with Crippen LogP contribution in [0.15, 0.2) is 24.3 Å². The standard InChI is InChI=1S/C21H29ClN2O/c1-14(18-2-4-19(22)5-3-18)23-12-20(25)24-13-21-9-15-6-16(10-21)8-17(7-15)11-21/h2-5,14-17,23H,6-13H2,1H3,(H,24,25)/p+1/t14-,15?,16?,17?,21?/m0/s1. The van der Waals surface area contributed by atoms with E-state index in [2.05, 4.69) is 17.6 Å². The molecule has 1 aromatic carbocycles. The summed E-state index contributed by atoms with van der Waals surface area (Å²) in [6.45, 7) is 3.53. The van der Waals surface area contributed by atoms with Gasteiger partial charge in [-0.2, -0.15) is 0 Å². The highest BCUT2D eigenvalue weighted by Gasteiger charge is 2.50. The topological polar surface area (TPSA) is 45.7 Å². The first-order chi connectivity index (χ1) is 12.0. The number of quaternary nitrogens is 1. The second-order valence-corrected chi connectivity index (χ2v) is 9.41. The number of hydrogen-bond acceptors (Lipinski definition) is 1. The van der Waals surface area contributed by atoms with Crippen LogP contribution in [0.4, 0.5) is 0 Å². The van der Waals surface area contributed by atoms with Crippen LogP contribution < -0.4 is 10.6 Å². The monoisotopic (exact) mass is 361 g/mol. The van der Waals surface area contributed by atoms with Gasteiger partial charge in [-0.1, -0.05) is 23.7 Å². The maximum atomic E-state index is 12.4. The maximum Gasteiger partial charge on any atom is 0.275 e. The van der Waals surface area contributed by atoms with E-state index in [0.29, 0.717) is 12.0 Å². The van der Waals surface area contributed by atoms with Crippen molar-refractivity contribution in [2.45, 2.75) is 51.5 Å². The second-order valence-electron chi connectivity index (χ2n) is 8.97. The van der Waals surface area contributed by atoms with Crippen LogP contribution in [0, 0.1) is 23.2 Å². The van der Waals surface area contributed by atoms with Crippen molar-refractivity contribution in [3.05, 3.63) is 34.9 Å². The molecule has 4 fully saturated rings. The molecule has 1 atom stereocenters. The lowest BCUT2D eigenvalue weighted by molar-refractivity contribution is -0.682. The zero-order chi connectivity index (χ0) is 17.4. The van der Waals surface area contributed by atoms with Gasteiger partial charge in [0.1, 0.15) is 6.04 Å². The van der Waals surface area contributed by atoms with Crippen LogP contribution in [-0.4, -0.2) is 19.0 Å². The molecule has 0 saturated heterocycles. The normalized spacial score (nSPS) is 34.1. The molecule has 5 rings (SSSR count). The summed E-state index contributed by atoms with van der Waals surface area (Å²) in [5, 5.41) is 6.13. The van der Waals surface area contributed by atoms with Gasteiger partial charge in [0.2, 0.25) is 0 Å². The molecule has 1 aromatic rings. The molecule has 4 saturated carbocycles. The van der Waals surface area contributed by atoms with E-state index < -0.39 is 0 Å². The Labute approximate surface area is 155 Å². The molecule has 25 heavy (non-hydrogen) atoms. The van der Waals surface area contributed by atoms with Crippen LogP contribution in [0.5, 0.6) is 0 Å². The van der Waals surface area contributed by atoms with E-state index in [1.807, 2.05) is 24.3 Å². The van der Waals surface area contributed by atoms with Crippen molar-refractivity contribution in [1.29, 1.82) is 0 Å². The van der Waals surface area contributed by atoms with E-state index in [0.717, 1.165) is 29.3 Å². The largest absolute Gasteiger partial charge is 0.351 e. The molecule has 136 valence electrons. The van der Waals surface area contributed by atoms with E-state index >= 15 is 0 Å². The minimum atomic E-state index is 0.177. The van der Waals surface area contributed by atoms with Crippen LogP contribution in [0.25, 0.3) is 0 Å². The number of nitrogens with two attached hydrogens (primary N) is 1. The molecule has 0 heterocycles. The Bertz CT molecular complexity index is 592. The average Bonchev–Trinajstić information content (AvgIpc) is 2.57. The van der Waals surface area contributed by atoms with Gasteiger partial charge in [-0.25, -0.2) is 0 Å². The summed E-state index contributed by atoms with van der Waals surface area (Å²) in [5.74, 6) is 3.01. The molecule has 1 amide bonds. The van der Waals surface area contributed by atoms with E-state index in [1.54, 1.807) is 0 Å². The number of amides is 1. The zero-order valence-corrected chi connectivity index (χ0v) is 15.9. The van der Waals surface area contributed by atoms with Gasteiger partial charge in [0, 0.05) is 17.1 Å². The summed E-state index contributed by atoms with van der Waals surface area (Å²) in [7, 11) is 0. The zero-order valence-electron chi connectivity index (χ0n) is 15.1. The highest BCUT2D eigenvalue weighted by Crippen LogP contribution is 2.59. The van der Waals surface area contributed by atoms with E-state index in [4.69, 9.17) is 11.6 Å². The third-order valence-corrected chi connectivity index (χ3v) is 7.13. The Morgan fingerprint density at radius 3 is 2.28 bits per heavy atom. The van der Waals surface area contributed by atoms with Gasteiger partial charge < -0.3 is 10.6 Å². The molecular weight excluding hydrogens is 332 g/mol. The summed E-state index contributed by atoms with van der Waals surface area (Å²) >= 11 is 5.94. The molecule has 0 aliphatic heterocycles. The Kier molecular flexibility index (Phi) is 4.81. The Balaban J connectivity index is 1.25. The van der Waals surface area contributed by atoms with Gasteiger partial charge in [-0.05, 0) is 80.8 Å². The van der Waals surface area contributed by atoms with Gasteiger partial charge >= 0.3 is 0 Å². The Morgan fingerprint density at radius 2 is 1.72 bits per heavy atom. The van der Waals surface area contributed by atoms with E-state index in [1.165, 1.54) is 44.1 Å². The van der Waals surface area contributed by atoms with Crippen molar-refractivity contribution in [3.63, 3.8) is 0 Å². The van der Waals surface area contributed by atoms with Crippen molar-refractivity contribution in [2.75, 3.05) is 13.1 Å². The van der Waals surface area contributed by atoms with Crippen molar-refractivity contribution in [3.8, 4) is 0 Å². The first kappa shape index (κ1) is 17.4. The molecule has 4 heteroatoms. The lowest BCUT2D eigenvalue weighted by Crippen LogP contribution is -2.87. The summed E-state index contributed by atoms with van der Waals surface area (Å²) in [5.41, 5.74) is 1.63. The predicted molar refractivity (Wildman–Crippen MR) is 100 cm³/mol. The first-order valence-corrected chi connectivity index (χ1v) is 10.2. The lowest BCUT2D eigenvalue weighted by Gasteiger charge is -2.56. The molecule has 0 unspecified atom stereocenters. The van der Waals surface area contributed by atoms with Crippen molar-refractivity contribution < 1.29 is 10.1 Å². The van der Waals surface area contributed by atoms with Gasteiger partial charge in [-0.15, -0.1) is 0 Å². The fourth-order valence-electron chi connectivity index (χ4n) is 6.05. The van der Waals surface area contributed by atoms with E-state index in [9.17, 15) is 4.79 Å². The molecule has 0 spiro atoms. The van der Waals surface area contributed by atoms with Crippen LogP contribution in [-0.2, 0) is 4.79 Å². The number of carbonyl (C=O) groups excluding carboxylic acids is 1. The van der Waals surface area contributed by atoms with Gasteiger partial charge in [0.25, 0.3) is 5.91 Å². The van der Waals surface area contributed by atoms with Crippen LogP contribution in [0.2, 0.25) is 5.02 Å². The van der Waals surface area contributed by atoms with E-state index in [-0.39, 0.29) is 11.9 Å². The Hall–Kier alpha value is -1.06. The van der Waals surface area contributed by atoms with Crippen molar-refractivity contribution in [1.82, 2.24) is 5.32 Å². The Morgan fingerprint density at radius 1 is 1.16 bits per heavy atom. The second kappa shape index (κ2) is 6.92. The van der Waals surface area contributed by atoms with Gasteiger partial charge in [0.05, 0.1) is 0 Å². The molecule has 0 radical (unpaired) electrons. The smallest absolute Gasteiger partial charge is 0.275 e. The summed E-state index contributed by atoms with van der Waals surface area (Å²) in [4.78, 5) is 12.4. The van der Waals surface area contributed by atoms with Crippen LogP contribution >= 0.6 is 11.6 Å². The van der Waals surface area contributed by atoms with Crippen molar-refractivity contribution >= 4 is 17.5 Å². The molecule has 3 nitrogen and oxygen atoms in total. The summed E-state index contributed by atoms with van der Waals surface area (Å²) in [6.07, 6.45) is 8.43. The summed E-state index contributed by atoms with van der Waals surface area (Å²) in [6, 6.07) is 8.17. The van der Waals surface area contributed by atoms with Gasteiger partial charge in [-0.3, -0.25) is 4.79 Å². The third-order valence-electron chi connectivity index (χ3n) is 6.88. The number of halogens is 1. The number of rotatable bonds is 6. The number of benzene rings is 1. The minimum absolute atomic E-state index is 0.177. The summed E-state index contributed by atoms with van der Waals surface area (Å²) < 4.78 is 0. The molecular formula is C21H30ClN2O+. The molecule has 4 aliphatic rings. The number of nitrogens with one attached hydrogen (secondary N) is 1. The SMILES string of the molecule is C[C@H]([NH2+]CC(=O)NCC12CC3CC(CC(C3)C1)C2)c1ccc(Cl)cc1. The predicted octanol–water partition coefficient (Wildman–Crippen LogP) is 3.30. The van der Waals surface area contributed by atoms with Gasteiger partial charge in [0.15, 0.2) is 6.54 Å². The fourth-order valence-corrected chi connectivity index (χ4v) is 6.18. The highest BCUT2D eigenvalue weighted by molar-refractivity contribution is 6.30. The number of hydrogen-bond donors (Lipinski definition) is 2. The molecule has 4 aliphatic carbocycles. The fraction of sp³-hybridized carbons (Fsp3) is 0.667. The van der Waals surface area contributed by atoms with Crippen LogP contribution in [0.3, 0.4) is 0 Å². The minimum Gasteiger partial charge on any atom is -0.351 e. The molecule has 0 aromatic heterocycles.